The largest absolute Gasteiger partial charge is 0.326 e. The van der Waals surface area contributed by atoms with Crippen molar-refractivity contribution in [3.63, 3.8) is 0 Å². The molecule has 20 heavy (non-hydrogen) atoms. The van der Waals surface area contributed by atoms with Crippen LogP contribution in [0.4, 0.5) is 0 Å². The molecule has 112 valence electrons. The summed E-state index contributed by atoms with van der Waals surface area (Å²) in [7, 11) is -1.52. The number of likely N-dealkylation sites (N-methyl/N-ethyl adjacent to an activating group) is 1. The van der Waals surface area contributed by atoms with Crippen LogP contribution in [0.1, 0.15) is 17.5 Å². The molecule has 2 rings (SSSR count). The van der Waals surface area contributed by atoms with Crippen LogP contribution in [-0.4, -0.2) is 39.5 Å². The molecule has 0 spiro atoms. The average Bonchev–Trinajstić information content (AvgIpc) is 2.76. The van der Waals surface area contributed by atoms with Gasteiger partial charge in [0.05, 0.1) is 4.90 Å². The number of nitrogens with one attached hydrogen (secondary N) is 1. The summed E-state index contributed by atoms with van der Waals surface area (Å²) >= 11 is 3.40. The van der Waals surface area contributed by atoms with Crippen molar-refractivity contribution < 1.29 is 8.42 Å². The Kier molecular flexibility index (Phi) is 4.86. The second kappa shape index (κ2) is 6.11. The molecule has 1 aliphatic rings. The summed E-state index contributed by atoms with van der Waals surface area (Å²) < 4.78 is 28.6. The van der Waals surface area contributed by atoms with Gasteiger partial charge in [0.25, 0.3) is 0 Å². The summed E-state index contributed by atoms with van der Waals surface area (Å²) in [5.74, 6) is 0. The lowest BCUT2D eigenvalue weighted by atomic mass is 10.1. The molecule has 3 N–H and O–H groups in total. The maximum Gasteiger partial charge on any atom is 0.241 e. The van der Waals surface area contributed by atoms with Gasteiger partial charge in [-0.15, -0.1) is 0 Å². The van der Waals surface area contributed by atoms with Crippen LogP contribution in [0.3, 0.4) is 0 Å². The van der Waals surface area contributed by atoms with E-state index >= 15 is 0 Å². The molecule has 1 aromatic carbocycles. The summed E-state index contributed by atoms with van der Waals surface area (Å²) in [4.78, 5) is 2.42. The molecule has 7 heteroatoms. The predicted octanol–water partition coefficient (Wildman–Crippen LogP) is 1.20. The van der Waals surface area contributed by atoms with Gasteiger partial charge in [-0.2, -0.15) is 0 Å². The number of nitrogens with two attached hydrogens (primary N) is 1. The molecule has 0 aliphatic carbocycles. The smallest absolute Gasteiger partial charge is 0.241 e. The average molecular weight is 362 g/mol. The third-order valence-corrected chi connectivity index (χ3v) is 6.07. The van der Waals surface area contributed by atoms with E-state index < -0.39 is 10.0 Å². The van der Waals surface area contributed by atoms with E-state index in [1.165, 1.54) is 0 Å². The predicted molar refractivity (Wildman–Crippen MR) is 83.0 cm³/mol. The second-order valence-electron chi connectivity index (χ2n) is 5.27. The van der Waals surface area contributed by atoms with Crippen LogP contribution in [0.15, 0.2) is 21.5 Å². The van der Waals surface area contributed by atoms with Gasteiger partial charge >= 0.3 is 0 Å². The Hall–Kier alpha value is -0.470. The maximum atomic E-state index is 12.5. The summed E-state index contributed by atoms with van der Waals surface area (Å²) in [6, 6.07) is 3.49. The first-order valence-corrected chi connectivity index (χ1v) is 8.81. The van der Waals surface area contributed by atoms with E-state index in [-0.39, 0.29) is 6.04 Å². The van der Waals surface area contributed by atoms with E-state index in [2.05, 4.69) is 25.6 Å². The van der Waals surface area contributed by atoms with Crippen LogP contribution in [0, 0.1) is 6.92 Å². The Labute approximate surface area is 128 Å². The molecule has 5 nitrogen and oxygen atoms in total. The highest BCUT2D eigenvalue weighted by atomic mass is 79.9. The fourth-order valence-corrected chi connectivity index (χ4v) is 4.63. The molecular weight excluding hydrogens is 342 g/mol. The number of hydrogen-bond acceptors (Lipinski definition) is 4. The normalized spacial score (nSPS) is 20.5. The second-order valence-corrected chi connectivity index (χ2v) is 7.81. The van der Waals surface area contributed by atoms with Gasteiger partial charge in [-0.1, -0.05) is 15.9 Å². The van der Waals surface area contributed by atoms with Crippen molar-refractivity contribution in [2.45, 2.75) is 30.8 Å². The van der Waals surface area contributed by atoms with Gasteiger partial charge in [0.1, 0.15) is 0 Å². The Bertz CT molecular complexity index is 604. The van der Waals surface area contributed by atoms with Crippen LogP contribution < -0.4 is 10.5 Å². The zero-order valence-electron chi connectivity index (χ0n) is 11.7. The van der Waals surface area contributed by atoms with Crippen molar-refractivity contribution in [3.05, 3.63) is 27.7 Å². The number of hydrogen-bond donors (Lipinski definition) is 2. The third kappa shape index (κ3) is 3.40. The minimum absolute atomic E-state index is 0.0234. The first-order valence-electron chi connectivity index (χ1n) is 6.53. The zero-order valence-corrected chi connectivity index (χ0v) is 14.1. The molecule has 1 unspecified atom stereocenters. The monoisotopic (exact) mass is 361 g/mol. The zero-order chi connectivity index (χ0) is 14.9. The maximum absolute atomic E-state index is 12.5. The van der Waals surface area contributed by atoms with Gasteiger partial charge in [-0.25, -0.2) is 13.1 Å². The Balaban J connectivity index is 2.31. The van der Waals surface area contributed by atoms with Gasteiger partial charge in [0.2, 0.25) is 10.0 Å². The van der Waals surface area contributed by atoms with Crippen LogP contribution in [-0.2, 0) is 16.6 Å². The number of sulfonamides is 1. The van der Waals surface area contributed by atoms with E-state index in [0.29, 0.717) is 17.0 Å². The van der Waals surface area contributed by atoms with Crippen molar-refractivity contribution in [2.24, 2.45) is 5.73 Å². The Morgan fingerprint density at radius 3 is 2.75 bits per heavy atom. The molecule has 1 aliphatic heterocycles. The lowest BCUT2D eigenvalue weighted by molar-refractivity contribution is 0.407. The van der Waals surface area contributed by atoms with E-state index in [0.717, 1.165) is 29.5 Å². The SMILES string of the molecule is Cc1c(Br)cc(CN)cc1S(=O)(=O)NC1CCN(C)C1. The van der Waals surface area contributed by atoms with Crippen molar-refractivity contribution in [1.29, 1.82) is 0 Å². The lowest BCUT2D eigenvalue weighted by Gasteiger charge is -2.16. The highest BCUT2D eigenvalue weighted by Gasteiger charge is 2.27. The van der Waals surface area contributed by atoms with Gasteiger partial charge in [0, 0.05) is 23.6 Å². The Morgan fingerprint density at radius 1 is 1.50 bits per heavy atom. The summed E-state index contributed by atoms with van der Waals surface area (Å²) in [5.41, 5.74) is 7.13. The number of benzene rings is 1. The summed E-state index contributed by atoms with van der Waals surface area (Å²) in [5, 5.41) is 0. The molecule has 0 bridgehead atoms. The molecule has 0 radical (unpaired) electrons. The number of nitrogens with zero attached hydrogens (tertiary/aromatic N) is 1. The minimum atomic E-state index is -3.52. The van der Waals surface area contributed by atoms with Gasteiger partial charge in [-0.3, -0.25) is 0 Å². The molecule has 0 aromatic heterocycles. The highest BCUT2D eigenvalue weighted by molar-refractivity contribution is 9.10. The fraction of sp³-hybridized carbons (Fsp3) is 0.538. The first-order chi connectivity index (χ1) is 9.33. The van der Waals surface area contributed by atoms with E-state index in [9.17, 15) is 8.42 Å². The van der Waals surface area contributed by atoms with Gasteiger partial charge in [0.15, 0.2) is 0 Å². The van der Waals surface area contributed by atoms with Gasteiger partial charge < -0.3 is 10.6 Å². The topological polar surface area (TPSA) is 75.4 Å². The molecule has 0 saturated carbocycles. The Morgan fingerprint density at radius 2 is 2.20 bits per heavy atom. The molecule has 0 amide bonds. The van der Waals surface area contributed by atoms with Crippen molar-refractivity contribution in [1.82, 2.24) is 9.62 Å². The van der Waals surface area contributed by atoms with E-state index in [1.807, 2.05) is 13.1 Å². The van der Waals surface area contributed by atoms with Crippen molar-refractivity contribution in [2.75, 3.05) is 20.1 Å². The summed E-state index contributed by atoms with van der Waals surface area (Å²) in [6.45, 7) is 3.77. The number of halogens is 1. The summed E-state index contributed by atoms with van der Waals surface area (Å²) in [6.07, 6.45) is 0.840. The molecular formula is C13H20BrN3O2S. The fourth-order valence-electron chi connectivity index (χ4n) is 2.42. The van der Waals surface area contributed by atoms with Gasteiger partial charge in [-0.05, 0) is 50.2 Å². The molecule has 1 heterocycles. The van der Waals surface area contributed by atoms with Crippen LogP contribution in [0.25, 0.3) is 0 Å². The molecule has 1 fully saturated rings. The molecule has 1 atom stereocenters. The van der Waals surface area contributed by atoms with Crippen LogP contribution >= 0.6 is 15.9 Å². The third-order valence-electron chi connectivity index (χ3n) is 3.59. The minimum Gasteiger partial charge on any atom is -0.326 e. The highest BCUT2D eigenvalue weighted by Crippen LogP contribution is 2.26. The first kappa shape index (κ1) is 15.9. The molecule has 1 aromatic rings. The lowest BCUT2D eigenvalue weighted by Crippen LogP contribution is -2.36. The van der Waals surface area contributed by atoms with Crippen LogP contribution in [0.2, 0.25) is 0 Å². The molecule has 1 saturated heterocycles. The van der Waals surface area contributed by atoms with E-state index in [4.69, 9.17) is 5.73 Å². The van der Waals surface area contributed by atoms with Crippen molar-refractivity contribution in [3.8, 4) is 0 Å². The quantitative estimate of drug-likeness (QED) is 0.844. The number of likely N-dealkylation sites (tertiary alicyclic amines) is 1. The van der Waals surface area contributed by atoms with E-state index in [1.54, 1.807) is 13.0 Å². The van der Waals surface area contributed by atoms with Crippen LogP contribution in [0.5, 0.6) is 0 Å². The standard InChI is InChI=1S/C13H20BrN3O2S/c1-9-12(14)5-10(7-15)6-13(9)20(18,19)16-11-3-4-17(2)8-11/h5-6,11,16H,3-4,7-8,15H2,1-2H3. The number of rotatable bonds is 4. The van der Waals surface area contributed by atoms with Crippen molar-refractivity contribution >= 4 is 26.0 Å².